The number of carbonyl (C=O) groups excluding carboxylic acids is 2. The average molecular weight is 172 g/mol. The van der Waals surface area contributed by atoms with Crippen LogP contribution in [0, 0.1) is 0 Å². The molecule has 0 fully saturated rings. The van der Waals surface area contributed by atoms with E-state index in [-0.39, 0.29) is 25.3 Å². The SMILES string of the molecule is CN(C[C]=O)C(=O)CCC(=O)O. The maximum absolute atomic E-state index is 10.9. The molecule has 0 bridgehead atoms. The third-order valence-corrected chi connectivity index (χ3v) is 1.28. The maximum atomic E-state index is 10.9. The maximum Gasteiger partial charge on any atom is 0.303 e. The van der Waals surface area contributed by atoms with Crippen molar-refractivity contribution in [2.24, 2.45) is 0 Å². The van der Waals surface area contributed by atoms with Crippen LogP contribution in [0.15, 0.2) is 0 Å². The number of rotatable bonds is 5. The lowest BCUT2D eigenvalue weighted by atomic mass is 10.3. The molecule has 1 amide bonds. The van der Waals surface area contributed by atoms with E-state index >= 15 is 0 Å². The van der Waals surface area contributed by atoms with E-state index in [2.05, 4.69) is 0 Å². The quantitative estimate of drug-likeness (QED) is 0.602. The number of likely N-dealkylation sites (N-methyl/N-ethyl adjacent to an activating group) is 1. The molecule has 1 radical (unpaired) electrons. The molecular formula is C7H10NO4. The van der Waals surface area contributed by atoms with Crippen molar-refractivity contribution < 1.29 is 19.5 Å². The van der Waals surface area contributed by atoms with Crippen LogP contribution < -0.4 is 0 Å². The highest BCUT2D eigenvalue weighted by molar-refractivity contribution is 5.81. The summed E-state index contributed by atoms with van der Waals surface area (Å²) in [6.07, 6.45) is 1.26. The number of aliphatic carboxylic acids is 1. The fraction of sp³-hybridized carbons (Fsp3) is 0.571. The molecule has 5 heteroatoms. The van der Waals surface area contributed by atoms with Gasteiger partial charge in [-0.15, -0.1) is 0 Å². The van der Waals surface area contributed by atoms with E-state index in [9.17, 15) is 14.4 Å². The van der Waals surface area contributed by atoms with Crippen LogP contribution in [0.4, 0.5) is 0 Å². The lowest BCUT2D eigenvalue weighted by molar-refractivity contribution is -0.140. The van der Waals surface area contributed by atoms with Gasteiger partial charge in [-0.1, -0.05) is 0 Å². The lowest BCUT2D eigenvalue weighted by Crippen LogP contribution is -2.28. The molecule has 0 spiro atoms. The number of nitrogens with zero attached hydrogens (tertiary/aromatic N) is 1. The van der Waals surface area contributed by atoms with E-state index in [1.807, 2.05) is 0 Å². The summed E-state index contributed by atoms with van der Waals surface area (Å²) in [6, 6.07) is 0. The molecular weight excluding hydrogens is 162 g/mol. The molecule has 0 aliphatic rings. The zero-order valence-electron chi connectivity index (χ0n) is 6.74. The van der Waals surface area contributed by atoms with Gasteiger partial charge >= 0.3 is 5.97 Å². The highest BCUT2D eigenvalue weighted by Crippen LogP contribution is 1.94. The average Bonchev–Trinajstić information content (AvgIpc) is 2.00. The summed E-state index contributed by atoms with van der Waals surface area (Å²) in [5.74, 6) is -1.38. The number of carbonyl (C=O) groups is 2. The largest absolute Gasteiger partial charge is 0.481 e. The molecule has 0 heterocycles. The normalized spacial score (nSPS) is 9.08. The molecule has 67 valence electrons. The van der Waals surface area contributed by atoms with Crippen LogP contribution in [0.5, 0.6) is 0 Å². The van der Waals surface area contributed by atoms with Crippen LogP contribution in [-0.4, -0.2) is 41.8 Å². The third kappa shape index (κ3) is 4.43. The van der Waals surface area contributed by atoms with Gasteiger partial charge in [-0.2, -0.15) is 0 Å². The predicted molar refractivity (Wildman–Crippen MR) is 40.2 cm³/mol. The van der Waals surface area contributed by atoms with Crippen LogP contribution >= 0.6 is 0 Å². The summed E-state index contributed by atoms with van der Waals surface area (Å²) >= 11 is 0. The van der Waals surface area contributed by atoms with Gasteiger partial charge in [0.05, 0.1) is 13.0 Å². The Kier molecular flexibility index (Phi) is 4.67. The summed E-state index contributed by atoms with van der Waals surface area (Å²) < 4.78 is 0. The van der Waals surface area contributed by atoms with Gasteiger partial charge in [0.1, 0.15) is 0 Å². The molecule has 0 aromatic carbocycles. The minimum absolute atomic E-state index is 0.0759. The summed E-state index contributed by atoms with van der Waals surface area (Å²) in [7, 11) is 1.43. The van der Waals surface area contributed by atoms with Crippen molar-refractivity contribution in [2.45, 2.75) is 12.8 Å². The zero-order valence-corrected chi connectivity index (χ0v) is 6.74. The van der Waals surface area contributed by atoms with E-state index in [1.165, 1.54) is 7.05 Å². The van der Waals surface area contributed by atoms with E-state index in [0.29, 0.717) is 0 Å². The molecule has 0 unspecified atom stereocenters. The first-order valence-corrected chi connectivity index (χ1v) is 3.38. The van der Waals surface area contributed by atoms with E-state index in [0.717, 1.165) is 4.90 Å². The van der Waals surface area contributed by atoms with E-state index in [1.54, 1.807) is 6.29 Å². The first-order chi connectivity index (χ1) is 5.57. The Labute approximate surface area is 70.0 Å². The Morgan fingerprint density at radius 3 is 2.42 bits per heavy atom. The topological polar surface area (TPSA) is 74.7 Å². The van der Waals surface area contributed by atoms with Crippen molar-refractivity contribution in [3.05, 3.63) is 0 Å². The minimum Gasteiger partial charge on any atom is -0.481 e. The Balaban J connectivity index is 3.71. The van der Waals surface area contributed by atoms with Crippen molar-refractivity contribution in [3.63, 3.8) is 0 Å². The second-order valence-corrected chi connectivity index (χ2v) is 2.29. The molecule has 5 nitrogen and oxygen atoms in total. The fourth-order valence-electron chi connectivity index (χ4n) is 0.590. The molecule has 0 aromatic rings. The second-order valence-electron chi connectivity index (χ2n) is 2.29. The highest BCUT2D eigenvalue weighted by atomic mass is 16.4. The fourth-order valence-corrected chi connectivity index (χ4v) is 0.590. The number of hydrogen-bond acceptors (Lipinski definition) is 3. The number of hydrogen-bond donors (Lipinski definition) is 1. The molecule has 0 saturated carbocycles. The molecule has 1 N–H and O–H groups in total. The van der Waals surface area contributed by atoms with Crippen LogP contribution in [-0.2, 0) is 14.4 Å². The molecule has 0 saturated heterocycles. The Morgan fingerprint density at radius 2 is 2.00 bits per heavy atom. The minimum atomic E-state index is -1.02. The van der Waals surface area contributed by atoms with Gasteiger partial charge in [-0.05, 0) is 0 Å². The number of carboxylic acids is 1. The van der Waals surface area contributed by atoms with E-state index in [4.69, 9.17) is 5.11 Å². The van der Waals surface area contributed by atoms with Gasteiger partial charge in [-0.25, -0.2) is 0 Å². The smallest absolute Gasteiger partial charge is 0.303 e. The van der Waals surface area contributed by atoms with Gasteiger partial charge < -0.3 is 10.0 Å². The summed E-state index contributed by atoms with van der Waals surface area (Å²) in [4.78, 5) is 31.9. The van der Waals surface area contributed by atoms with Gasteiger partial charge in [-0.3, -0.25) is 14.4 Å². The van der Waals surface area contributed by atoms with Crippen molar-refractivity contribution in [2.75, 3.05) is 13.6 Å². The van der Waals surface area contributed by atoms with Crippen molar-refractivity contribution in [1.82, 2.24) is 4.90 Å². The Hall–Kier alpha value is -1.39. The van der Waals surface area contributed by atoms with Gasteiger partial charge in [0.2, 0.25) is 12.2 Å². The van der Waals surface area contributed by atoms with Crippen LogP contribution in [0.1, 0.15) is 12.8 Å². The lowest BCUT2D eigenvalue weighted by Gasteiger charge is -2.11. The summed E-state index contributed by atoms with van der Waals surface area (Å²) in [5, 5.41) is 8.23. The molecule has 0 atom stereocenters. The van der Waals surface area contributed by atoms with Crippen molar-refractivity contribution >= 4 is 18.2 Å². The first kappa shape index (κ1) is 10.6. The van der Waals surface area contributed by atoms with Crippen molar-refractivity contribution in [3.8, 4) is 0 Å². The highest BCUT2D eigenvalue weighted by Gasteiger charge is 2.09. The summed E-state index contributed by atoms with van der Waals surface area (Å²) in [5.41, 5.74) is 0. The van der Waals surface area contributed by atoms with Gasteiger partial charge in [0.25, 0.3) is 0 Å². The van der Waals surface area contributed by atoms with Crippen LogP contribution in [0.25, 0.3) is 0 Å². The second kappa shape index (κ2) is 5.29. The summed E-state index contributed by atoms with van der Waals surface area (Å²) in [6.45, 7) is -0.113. The van der Waals surface area contributed by atoms with Crippen molar-refractivity contribution in [1.29, 1.82) is 0 Å². The van der Waals surface area contributed by atoms with E-state index < -0.39 is 5.97 Å². The predicted octanol–water partition coefficient (Wildman–Crippen LogP) is -0.581. The van der Waals surface area contributed by atoms with Gasteiger partial charge in [0.15, 0.2) is 0 Å². The molecule has 0 rings (SSSR count). The monoisotopic (exact) mass is 172 g/mol. The number of amides is 1. The Bertz CT molecular complexity index is 190. The first-order valence-electron chi connectivity index (χ1n) is 3.38. The molecule has 0 aromatic heterocycles. The van der Waals surface area contributed by atoms with Crippen LogP contribution in [0.2, 0.25) is 0 Å². The Morgan fingerprint density at radius 1 is 1.42 bits per heavy atom. The molecule has 12 heavy (non-hydrogen) atoms. The molecule has 0 aliphatic carbocycles. The standard InChI is InChI=1S/C7H10NO4/c1-8(4-5-9)6(10)2-3-7(11)12/h2-4H2,1H3,(H,11,12). The third-order valence-electron chi connectivity index (χ3n) is 1.28. The van der Waals surface area contributed by atoms with Crippen LogP contribution in [0.3, 0.4) is 0 Å². The zero-order chi connectivity index (χ0) is 9.56. The van der Waals surface area contributed by atoms with Gasteiger partial charge in [0, 0.05) is 13.5 Å². The number of carboxylic acid groups (broad SMARTS) is 1. The molecule has 0 aliphatic heterocycles.